The first-order valence-corrected chi connectivity index (χ1v) is 7.03. The molecule has 4 N–H and O–H groups in total. The average molecular weight is 312 g/mol. The number of nitriles is 6. The van der Waals surface area contributed by atoms with Crippen LogP contribution in [0.15, 0.2) is 0 Å². The van der Waals surface area contributed by atoms with E-state index < -0.39 is 10.7 Å². The van der Waals surface area contributed by atoms with Gasteiger partial charge in [0.15, 0.2) is 0 Å². The third-order valence-electron chi connectivity index (χ3n) is 1.35. The second-order valence-electron chi connectivity index (χ2n) is 2.38. The van der Waals surface area contributed by atoms with Crippen LogP contribution in [0.3, 0.4) is 0 Å². The van der Waals surface area contributed by atoms with Crippen LogP contribution >= 0.6 is 0 Å². The third-order valence-corrected chi connectivity index (χ3v) is 5.06. The molecule has 10 heteroatoms. The summed E-state index contributed by atoms with van der Waals surface area (Å²) < 4.78 is 0. The molecule has 8 nitrogen and oxygen atoms in total. The van der Waals surface area contributed by atoms with Crippen molar-refractivity contribution in [2.75, 3.05) is 13.1 Å². The monoisotopic (exact) mass is 312 g/mol. The molecule has 0 bridgehead atoms. The zero-order valence-electron chi connectivity index (χ0n) is 8.61. The zero-order valence-corrected chi connectivity index (χ0v) is 9.71. The fraction of sp³-hybridized carbons (Fsp3) is 0.250. The fourth-order valence-corrected chi connectivity index (χ4v) is 1.09. The van der Waals surface area contributed by atoms with Crippen molar-refractivity contribution in [1.29, 1.82) is 31.6 Å². The molecule has 18 heavy (non-hydrogen) atoms. The van der Waals surface area contributed by atoms with E-state index in [1.807, 2.05) is 0 Å². The van der Waals surface area contributed by atoms with E-state index in [1.54, 1.807) is 0 Å². The van der Waals surface area contributed by atoms with Crippen LogP contribution in [0.2, 0.25) is 0 Å². The van der Waals surface area contributed by atoms with Gasteiger partial charge in [-0.25, -0.2) is 0 Å². The van der Waals surface area contributed by atoms with Crippen molar-refractivity contribution in [3.05, 3.63) is 0 Å². The van der Waals surface area contributed by atoms with Gasteiger partial charge in [0.1, 0.15) is 0 Å². The first-order chi connectivity index (χ1) is 7.89. The Kier molecular flexibility index (Phi) is 9.20. The van der Waals surface area contributed by atoms with Crippen molar-refractivity contribution in [2.45, 2.75) is 0 Å². The van der Waals surface area contributed by atoms with Gasteiger partial charge in [-0.15, -0.1) is 0 Å². The Morgan fingerprint density at radius 2 is 0.778 bits per heavy atom. The summed E-state index contributed by atoms with van der Waals surface area (Å²) in [5.41, 5.74) is 9.81. The Hall–Kier alpha value is -0.984. The molecule has 0 heterocycles. The Morgan fingerprint density at radius 1 is 0.611 bits per heavy atom. The summed E-state index contributed by atoms with van der Waals surface area (Å²) in [4.78, 5) is 6.19. The van der Waals surface area contributed by atoms with E-state index in [0.717, 1.165) is 29.8 Å². The van der Waals surface area contributed by atoms with E-state index in [4.69, 9.17) is 43.0 Å². The van der Waals surface area contributed by atoms with Gasteiger partial charge in [0.2, 0.25) is 0 Å². The zero-order chi connectivity index (χ0) is 14.1. The number of nitrogens with two attached hydrogens (primary N) is 2. The van der Waals surface area contributed by atoms with E-state index in [9.17, 15) is 0 Å². The normalized spacial score (nSPS) is 11.3. The molecule has 0 aromatic rings. The number of nitrogens with zero attached hydrogens (tertiary/aromatic N) is 6. The van der Waals surface area contributed by atoms with Crippen LogP contribution < -0.4 is 11.5 Å². The van der Waals surface area contributed by atoms with E-state index >= 15 is 0 Å². The van der Waals surface area contributed by atoms with Gasteiger partial charge in [-0.2, -0.15) is 0 Å². The van der Waals surface area contributed by atoms with Crippen molar-refractivity contribution >= 4 is 51.4 Å². The molecular weight excluding hydrogens is 303 g/mol. The maximum atomic E-state index is 8.58. The molecule has 0 fully saturated rings. The molecular formula is C8H9FeKN8. The van der Waals surface area contributed by atoms with E-state index in [1.165, 1.54) is 0 Å². The van der Waals surface area contributed by atoms with Gasteiger partial charge in [0.25, 0.3) is 0 Å². The minimum atomic E-state index is -6.17. The van der Waals surface area contributed by atoms with Crippen LogP contribution in [-0.2, 0) is 10.7 Å². The van der Waals surface area contributed by atoms with Crippen LogP contribution in [0, 0.1) is 61.4 Å². The standard InChI is InChI=1S/C2H8N2.6CN.Fe.K.H/c3-1-2-4;6*1-2;;;/h1-4H2;;;;;;;;;. The Bertz CT molecular complexity index is 423. The van der Waals surface area contributed by atoms with E-state index in [0.29, 0.717) is 13.1 Å². The first-order valence-electron chi connectivity index (χ1n) is 3.72. The molecule has 0 aliphatic heterocycles. The molecule has 0 aliphatic carbocycles. The van der Waals surface area contributed by atoms with Crippen molar-refractivity contribution < 1.29 is 10.7 Å². The summed E-state index contributed by atoms with van der Waals surface area (Å²) >= 11 is 0. The Labute approximate surface area is 146 Å². The van der Waals surface area contributed by atoms with Gasteiger partial charge >= 0.3 is 123 Å². The summed E-state index contributed by atoms with van der Waals surface area (Å²) in [5, 5.41) is 51.5. The van der Waals surface area contributed by atoms with Crippen LogP contribution in [0.4, 0.5) is 0 Å². The minimum absolute atomic E-state index is 0. The summed E-state index contributed by atoms with van der Waals surface area (Å²) in [5.74, 6) is 0. The first kappa shape index (κ1) is 22.2. The molecule has 0 spiro atoms. The maximum absolute atomic E-state index is 8.58. The molecule has 0 rings (SSSR count). The number of hydrogen-bond acceptors (Lipinski definition) is 8. The van der Waals surface area contributed by atoms with Gasteiger partial charge in [-0.05, 0) is 0 Å². The van der Waals surface area contributed by atoms with Crippen LogP contribution in [-0.4, -0.2) is 64.5 Å². The van der Waals surface area contributed by atoms with Crippen LogP contribution in [0.25, 0.3) is 0 Å². The van der Waals surface area contributed by atoms with Crippen LogP contribution in [0.5, 0.6) is 0 Å². The van der Waals surface area contributed by atoms with Gasteiger partial charge in [-0.3, -0.25) is 0 Å². The summed E-state index contributed by atoms with van der Waals surface area (Å²) in [6, 6.07) is 0. The van der Waals surface area contributed by atoms with Crippen LogP contribution in [0.1, 0.15) is 0 Å². The summed E-state index contributed by atoms with van der Waals surface area (Å²) in [6.45, 7) is 1.19. The van der Waals surface area contributed by atoms with Gasteiger partial charge in [0, 0.05) is 13.1 Å². The second-order valence-corrected chi connectivity index (χ2v) is 8.00. The molecule has 0 saturated carbocycles. The van der Waals surface area contributed by atoms with Crippen molar-refractivity contribution in [3.63, 3.8) is 0 Å². The molecule has 0 aromatic heterocycles. The molecule has 90 valence electrons. The van der Waals surface area contributed by atoms with Gasteiger partial charge < -0.3 is 11.5 Å². The summed E-state index contributed by atoms with van der Waals surface area (Å²) in [7, 11) is -6.17. The van der Waals surface area contributed by atoms with Gasteiger partial charge in [-0.1, -0.05) is 0 Å². The third kappa shape index (κ3) is 3.27. The quantitative estimate of drug-likeness (QED) is 0.537. The topological polar surface area (TPSA) is 195 Å². The van der Waals surface area contributed by atoms with Gasteiger partial charge in [0.05, 0.1) is 0 Å². The number of hydrogen-bond donors (Lipinski definition) is 2. The van der Waals surface area contributed by atoms with Crippen molar-refractivity contribution in [3.8, 4) is 29.8 Å². The SMILES string of the molecule is N#[C][Fe]([C]#N)([C]#N)([C]#N)([C]#N)[C]#N.NCCN.[KH]. The second kappa shape index (κ2) is 7.45. The molecule has 0 saturated heterocycles. The average Bonchev–Trinajstić information content (AvgIpc) is 2.45. The van der Waals surface area contributed by atoms with Crippen molar-refractivity contribution in [2.24, 2.45) is 11.5 Å². The molecule has 0 aliphatic rings. The van der Waals surface area contributed by atoms with E-state index in [-0.39, 0.29) is 51.4 Å². The molecule has 0 radical (unpaired) electrons. The van der Waals surface area contributed by atoms with E-state index in [2.05, 4.69) is 0 Å². The molecule has 0 aromatic carbocycles. The predicted octanol–water partition coefficient (Wildman–Crippen LogP) is -1.65. The molecule has 0 atom stereocenters. The molecule has 0 unspecified atom stereocenters. The predicted molar refractivity (Wildman–Crippen MR) is 58.9 cm³/mol. The fourth-order valence-electron chi connectivity index (χ4n) is 0.265. The summed E-state index contributed by atoms with van der Waals surface area (Å²) in [6.07, 6.45) is 0. The number of rotatable bonds is 1. The Morgan fingerprint density at radius 3 is 0.778 bits per heavy atom. The van der Waals surface area contributed by atoms with Crippen molar-refractivity contribution in [1.82, 2.24) is 0 Å². The molecule has 0 amide bonds. The Balaban J connectivity index is -0.000000392.